The maximum Gasteiger partial charge on any atom is 0.273 e. The van der Waals surface area contributed by atoms with Gasteiger partial charge >= 0.3 is 0 Å². The summed E-state index contributed by atoms with van der Waals surface area (Å²) in [7, 11) is 4.03. The third-order valence-electron chi connectivity index (χ3n) is 3.29. The van der Waals surface area contributed by atoms with Crippen LogP contribution in [0.2, 0.25) is 5.02 Å². The topological polar surface area (TPSA) is 59.4 Å². The van der Waals surface area contributed by atoms with Crippen molar-refractivity contribution in [2.24, 2.45) is 5.41 Å². The molecule has 1 aromatic rings. The molecule has 0 aromatic carbocycles. The van der Waals surface area contributed by atoms with Crippen LogP contribution in [0, 0.1) is 5.41 Å². The monoisotopic (exact) mass is 314 g/mol. The van der Waals surface area contributed by atoms with Crippen molar-refractivity contribution in [3.05, 3.63) is 10.7 Å². The molecule has 0 saturated carbocycles. The highest BCUT2D eigenvalue weighted by molar-refractivity contribution is 6.34. The number of aryl methyl sites for hydroxylation is 1. The van der Waals surface area contributed by atoms with Crippen molar-refractivity contribution in [2.45, 2.75) is 26.8 Å². The molecule has 0 saturated heterocycles. The summed E-state index contributed by atoms with van der Waals surface area (Å²) in [6.45, 7) is 7.00. The average molecular weight is 315 g/mol. The normalized spacial score (nSPS) is 14.8. The second-order valence-electron chi connectivity index (χ2n) is 6.48. The lowest BCUT2D eigenvalue weighted by atomic mass is 9.93. The molecule has 21 heavy (non-hydrogen) atoms. The first kappa shape index (κ1) is 16.1. The molecule has 0 aliphatic carbocycles. The van der Waals surface area contributed by atoms with Gasteiger partial charge in [0.2, 0.25) is 5.88 Å². The highest BCUT2D eigenvalue weighted by Crippen LogP contribution is 2.30. The molecule has 2 heterocycles. The molecule has 0 spiro atoms. The van der Waals surface area contributed by atoms with Crippen LogP contribution in [0.1, 0.15) is 30.8 Å². The molecule has 0 atom stereocenters. The number of carbonyl (C=O) groups excluding carboxylic acids is 1. The van der Waals surface area contributed by atoms with Gasteiger partial charge in [-0.05, 0) is 19.5 Å². The standard InChI is InChI=1S/C14H23ClN4O2/c1-14(2,9-18(3)4)8-16-12(20)11-10(15)13-19(17-11)6-5-7-21-13/h5-9H2,1-4H3,(H,16,20). The van der Waals surface area contributed by atoms with Crippen LogP contribution in [0.4, 0.5) is 0 Å². The number of halogens is 1. The Kier molecular flexibility index (Phi) is 4.78. The molecule has 7 heteroatoms. The molecule has 0 unspecified atom stereocenters. The predicted octanol–water partition coefficient (Wildman–Crippen LogP) is 1.64. The van der Waals surface area contributed by atoms with Crippen LogP contribution in [0.25, 0.3) is 0 Å². The van der Waals surface area contributed by atoms with Gasteiger partial charge in [0.15, 0.2) is 5.69 Å². The minimum Gasteiger partial charge on any atom is -0.477 e. The van der Waals surface area contributed by atoms with Gasteiger partial charge in [-0.2, -0.15) is 5.10 Å². The molecule has 1 aliphatic rings. The number of aromatic nitrogens is 2. The number of hydrogen-bond acceptors (Lipinski definition) is 4. The Morgan fingerprint density at radius 3 is 2.86 bits per heavy atom. The summed E-state index contributed by atoms with van der Waals surface area (Å²) in [5.41, 5.74) is 0.218. The van der Waals surface area contributed by atoms with Crippen molar-refractivity contribution in [1.82, 2.24) is 20.0 Å². The first-order chi connectivity index (χ1) is 9.80. The Bertz CT molecular complexity index is 525. The van der Waals surface area contributed by atoms with Gasteiger partial charge in [0.25, 0.3) is 5.91 Å². The van der Waals surface area contributed by atoms with Crippen LogP contribution in [-0.2, 0) is 6.54 Å². The van der Waals surface area contributed by atoms with Crippen LogP contribution in [0.5, 0.6) is 5.88 Å². The molecule has 1 aromatic heterocycles. The number of nitrogens with zero attached hydrogens (tertiary/aromatic N) is 3. The van der Waals surface area contributed by atoms with E-state index in [1.807, 2.05) is 14.1 Å². The zero-order chi connectivity index (χ0) is 15.6. The molecule has 1 N–H and O–H groups in total. The number of amides is 1. The third-order valence-corrected chi connectivity index (χ3v) is 3.63. The average Bonchev–Trinajstić information content (AvgIpc) is 2.73. The van der Waals surface area contributed by atoms with Gasteiger partial charge in [-0.3, -0.25) is 4.79 Å². The van der Waals surface area contributed by atoms with Crippen LogP contribution in [0.15, 0.2) is 0 Å². The van der Waals surface area contributed by atoms with Gasteiger partial charge in [0.05, 0.1) is 6.61 Å². The molecule has 118 valence electrons. The summed E-state index contributed by atoms with van der Waals surface area (Å²) >= 11 is 6.19. The van der Waals surface area contributed by atoms with Crippen LogP contribution in [-0.4, -0.2) is 54.4 Å². The van der Waals surface area contributed by atoms with Gasteiger partial charge in [-0.1, -0.05) is 25.4 Å². The van der Waals surface area contributed by atoms with E-state index in [4.69, 9.17) is 16.3 Å². The summed E-state index contributed by atoms with van der Waals surface area (Å²) in [5, 5.41) is 7.47. The number of hydrogen-bond donors (Lipinski definition) is 1. The van der Waals surface area contributed by atoms with E-state index < -0.39 is 0 Å². The Labute approximate surface area is 130 Å². The molecule has 0 bridgehead atoms. The van der Waals surface area contributed by atoms with Crippen LogP contribution in [0.3, 0.4) is 0 Å². The minimum absolute atomic E-state index is 0.0263. The van der Waals surface area contributed by atoms with Crippen molar-refractivity contribution >= 4 is 17.5 Å². The van der Waals surface area contributed by atoms with Crippen molar-refractivity contribution < 1.29 is 9.53 Å². The van der Waals surface area contributed by atoms with Gasteiger partial charge in [0.1, 0.15) is 5.02 Å². The number of ether oxygens (including phenoxy) is 1. The predicted molar refractivity (Wildman–Crippen MR) is 82.0 cm³/mol. The van der Waals surface area contributed by atoms with Gasteiger partial charge < -0.3 is 15.0 Å². The highest BCUT2D eigenvalue weighted by Gasteiger charge is 2.26. The second-order valence-corrected chi connectivity index (χ2v) is 6.86. The van der Waals surface area contributed by atoms with E-state index in [0.29, 0.717) is 24.1 Å². The van der Waals surface area contributed by atoms with E-state index in [2.05, 4.69) is 29.2 Å². The Hall–Kier alpha value is -1.27. The van der Waals surface area contributed by atoms with Crippen LogP contribution < -0.4 is 10.1 Å². The number of rotatable bonds is 5. The third kappa shape index (κ3) is 3.89. The summed E-state index contributed by atoms with van der Waals surface area (Å²) < 4.78 is 7.12. The van der Waals surface area contributed by atoms with Crippen LogP contribution >= 0.6 is 11.6 Å². The maximum atomic E-state index is 12.3. The van der Waals surface area contributed by atoms with Gasteiger partial charge in [0, 0.05) is 26.1 Å². The molecule has 2 rings (SSSR count). The van der Waals surface area contributed by atoms with Crippen molar-refractivity contribution in [2.75, 3.05) is 33.8 Å². The number of nitrogens with one attached hydrogen (secondary N) is 1. The molecule has 6 nitrogen and oxygen atoms in total. The largest absolute Gasteiger partial charge is 0.477 e. The molecule has 0 radical (unpaired) electrons. The lowest BCUT2D eigenvalue weighted by molar-refractivity contribution is 0.0923. The molecular formula is C14H23ClN4O2. The molecule has 1 aliphatic heterocycles. The van der Waals surface area contributed by atoms with E-state index in [0.717, 1.165) is 19.5 Å². The van der Waals surface area contributed by atoms with E-state index >= 15 is 0 Å². The summed E-state index contributed by atoms with van der Waals surface area (Å²) in [6, 6.07) is 0. The minimum atomic E-state index is -0.252. The quantitative estimate of drug-likeness (QED) is 0.897. The molecule has 1 amide bonds. The lowest BCUT2D eigenvalue weighted by Gasteiger charge is -2.28. The van der Waals surface area contributed by atoms with Crippen molar-refractivity contribution in [3.63, 3.8) is 0 Å². The second kappa shape index (κ2) is 6.23. The molecular weight excluding hydrogens is 292 g/mol. The molecule has 0 fully saturated rings. The first-order valence-electron chi connectivity index (χ1n) is 7.12. The van der Waals surface area contributed by atoms with Crippen molar-refractivity contribution in [3.8, 4) is 5.88 Å². The van der Waals surface area contributed by atoms with Gasteiger partial charge in [-0.15, -0.1) is 0 Å². The fraction of sp³-hybridized carbons (Fsp3) is 0.714. The van der Waals surface area contributed by atoms with Crippen molar-refractivity contribution in [1.29, 1.82) is 0 Å². The first-order valence-corrected chi connectivity index (χ1v) is 7.50. The van der Waals surface area contributed by atoms with E-state index in [9.17, 15) is 4.79 Å². The smallest absolute Gasteiger partial charge is 0.273 e. The zero-order valence-corrected chi connectivity index (χ0v) is 13.8. The summed E-state index contributed by atoms with van der Waals surface area (Å²) in [4.78, 5) is 14.4. The Balaban J connectivity index is 2.02. The highest BCUT2D eigenvalue weighted by atomic mass is 35.5. The Morgan fingerprint density at radius 1 is 1.52 bits per heavy atom. The van der Waals surface area contributed by atoms with E-state index in [1.54, 1.807) is 4.68 Å². The maximum absolute atomic E-state index is 12.3. The fourth-order valence-corrected chi connectivity index (χ4v) is 2.83. The SMILES string of the molecule is CN(C)CC(C)(C)CNC(=O)c1nn2c(c1Cl)OCCC2. The van der Waals surface area contributed by atoms with E-state index in [1.165, 1.54) is 0 Å². The fourth-order valence-electron chi connectivity index (χ4n) is 2.56. The summed E-state index contributed by atoms with van der Waals surface area (Å²) in [5.74, 6) is 0.248. The number of fused-ring (bicyclic) bond motifs is 1. The van der Waals surface area contributed by atoms with Gasteiger partial charge in [-0.25, -0.2) is 4.68 Å². The Morgan fingerprint density at radius 2 is 2.24 bits per heavy atom. The lowest BCUT2D eigenvalue weighted by Crippen LogP contribution is -2.40. The zero-order valence-electron chi connectivity index (χ0n) is 13.1. The number of carbonyl (C=O) groups is 1. The van der Waals surface area contributed by atoms with E-state index in [-0.39, 0.29) is 17.0 Å². The summed E-state index contributed by atoms with van der Waals surface area (Å²) in [6.07, 6.45) is 0.877.